The topological polar surface area (TPSA) is 17.8 Å². The van der Waals surface area contributed by atoms with Crippen LogP contribution in [0.15, 0.2) is 30.8 Å². The van der Waals surface area contributed by atoms with E-state index in [9.17, 15) is 0 Å². The first kappa shape index (κ1) is 10.8. The first-order valence-electron chi connectivity index (χ1n) is 4.97. The zero-order valence-corrected chi connectivity index (χ0v) is 9.14. The maximum atomic E-state index is 5.79. The van der Waals surface area contributed by atoms with Gasteiger partial charge in [-0.25, -0.2) is 5.10 Å². The first-order valence-corrected chi connectivity index (χ1v) is 4.97. The van der Waals surface area contributed by atoms with E-state index in [-0.39, 0.29) is 0 Å². The smallest absolute Gasteiger partial charge is 0.265 e. The Morgan fingerprint density at radius 2 is 2.06 bits per heavy atom. The van der Waals surface area contributed by atoms with Crippen molar-refractivity contribution in [2.75, 3.05) is 0 Å². The van der Waals surface area contributed by atoms with Crippen LogP contribution < -0.4 is 5.59 Å². The summed E-state index contributed by atoms with van der Waals surface area (Å²) >= 11 is 0. The standard InChI is InChI=1S/C12H10B2N2/c1-3-9-6-4-5-7-10(9)11-8(2)12(13)15-16(11)14/h3-7H,1H2,2H3. The average molecular weight is 204 g/mol. The molecule has 2 rings (SSSR count). The van der Waals surface area contributed by atoms with Gasteiger partial charge in [0.2, 0.25) is 0 Å². The predicted octanol–water partition coefficient (Wildman–Crippen LogP) is 1.23. The van der Waals surface area contributed by atoms with Gasteiger partial charge in [0.05, 0.1) is 5.69 Å². The minimum absolute atomic E-state index is 0.455. The lowest BCUT2D eigenvalue weighted by Gasteiger charge is -2.08. The van der Waals surface area contributed by atoms with Crippen molar-refractivity contribution in [1.29, 1.82) is 0 Å². The summed E-state index contributed by atoms with van der Waals surface area (Å²) in [5.74, 6) is 0. The Morgan fingerprint density at radius 3 is 2.62 bits per heavy atom. The monoisotopic (exact) mass is 204 g/mol. The van der Waals surface area contributed by atoms with Crippen molar-refractivity contribution in [3.8, 4) is 11.3 Å². The largest absolute Gasteiger partial charge is 0.324 e. The summed E-state index contributed by atoms with van der Waals surface area (Å²) < 4.78 is 1.31. The fraction of sp³-hybridized carbons (Fsp3) is 0.0833. The number of hydrogen-bond donors (Lipinski definition) is 0. The molecule has 0 unspecified atom stereocenters. The van der Waals surface area contributed by atoms with Gasteiger partial charge in [-0.2, -0.15) is 0 Å². The molecule has 0 amide bonds. The molecule has 16 heavy (non-hydrogen) atoms. The Labute approximate surface area is 97.8 Å². The van der Waals surface area contributed by atoms with Gasteiger partial charge in [0.25, 0.3) is 7.98 Å². The minimum atomic E-state index is 0.455. The molecule has 1 aromatic heterocycles. The molecule has 0 bridgehead atoms. The van der Waals surface area contributed by atoms with E-state index in [2.05, 4.69) is 11.7 Å². The van der Waals surface area contributed by atoms with Crippen LogP contribution in [0.5, 0.6) is 0 Å². The number of hydrogen-bond acceptors (Lipinski definition) is 1. The highest BCUT2D eigenvalue weighted by atomic mass is 15.2. The molecule has 1 heterocycles. The summed E-state index contributed by atoms with van der Waals surface area (Å²) in [5.41, 5.74) is 4.17. The summed E-state index contributed by atoms with van der Waals surface area (Å²) in [5, 5.41) is 4.00. The highest BCUT2D eigenvalue weighted by Crippen LogP contribution is 2.25. The molecule has 0 saturated carbocycles. The second kappa shape index (κ2) is 4.05. The Morgan fingerprint density at radius 1 is 1.38 bits per heavy atom. The fourth-order valence-corrected chi connectivity index (χ4v) is 1.75. The normalized spacial score (nSPS) is 10.3. The lowest BCUT2D eigenvalue weighted by atomic mass is 9.94. The van der Waals surface area contributed by atoms with E-state index in [0.29, 0.717) is 5.59 Å². The molecule has 0 N–H and O–H groups in total. The van der Waals surface area contributed by atoms with Crippen molar-refractivity contribution in [2.24, 2.45) is 0 Å². The maximum Gasteiger partial charge on any atom is 0.265 e. The molecule has 0 aliphatic heterocycles. The van der Waals surface area contributed by atoms with Crippen LogP contribution in [0.2, 0.25) is 0 Å². The molecule has 0 aliphatic rings. The Hall–Kier alpha value is -1.70. The van der Waals surface area contributed by atoms with Crippen molar-refractivity contribution < 1.29 is 0 Å². The van der Waals surface area contributed by atoms with Gasteiger partial charge in [0.15, 0.2) is 0 Å². The summed E-state index contributed by atoms with van der Waals surface area (Å²) in [6.07, 6.45) is 1.79. The molecular formula is C12H10B2N2. The van der Waals surface area contributed by atoms with Crippen LogP contribution >= 0.6 is 0 Å². The number of aromatic nitrogens is 2. The molecule has 74 valence electrons. The number of rotatable bonds is 2. The Kier molecular flexibility index (Phi) is 2.73. The minimum Gasteiger partial charge on any atom is -0.324 e. The van der Waals surface area contributed by atoms with Gasteiger partial charge in [-0.1, -0.05) is 36.9 Å². The molecule has 0 spiro atoms. The molecule has 0 aliphatic carbocycles. The zero-order chi connectivity index (χ0) is 11.7. The zero-order valence-electron chi connectivity index (χ0n) is 9.14. The third-order valence-electron chi connectivity index (χ3n) is 2.62. The Balaban J connectivity index is 2.71. The van der Waals surface area contributed by atoms with Crippen LogP contribution in [0.1, 0.15) is 11.1 Å². The third-order valence-corrected chi connectivity index (χ3v) is 2.62. The fourth-order valence-electron chi connectivity index (χ4n) is 1.75. The number of nitrogens with zero attached hydrogens (tertiary/aromatic N) is 2. The van der Waals surface area contributed by atoms with E-state index in [1.807, 2.05) is 31.2 Å². The molecule has 0 atom stereocenters. The lowest BCUT2D eigenvalue weighted by Crippen LogP contribution is -2.08. The summed E-state index contributed by atoms with van der Waals surface area (Å²) in [7, 11) is 11.5. The van der Waals surface area contributed by atoms with Crippen molar-refractivity contribution in [1.82, 2.24) is 9.69 Å². The van der Waals surface area contributed by atoms with Crippen molar-refractivity contribution in [2.45, 2.75) is 6.92 Å². The molecular weight excluding hydrogens is 194 g/mol. The van der Waals surface area contributed by atoms with Gasteiger partial charge in [-0.05, 0) is 18.1 Å². The molecule has 1 aromatic carbocycles. The van der Waals surface area contributed by atoms with Gasteiger partial charge in [0.1, 0.15) is 7.85 Å². The second-order valence-corrected chi connectivity index (χ2v) is 3.59. The molecule has 4 radical (unpaired) electrons. The number of benzene rings is 1. The summed E-state index contributed by atoms with van der Waals surface area (Å²) in [6, 6.07) is 7.86. The molecule has 2 aromatic rings. The van der Waals surface area contributed by atoms with Crippen LogP contribution in [0, 0.1) is 6.92 Å². The first-order chi connectivity index (χ1) is 7.65. The molecule has 0 fully saturated rings. The van der Waals surface area contributed by atoms with Gasteiger partial charge >= 0.3 is 0 Å². The lowest BCUT2D eigenvalue weighted by molar-refractivity contribution is 1.01. The molecule has 2 nitrogen and oxygen atoms in total. The van der Waals surface area contributed by atoms with Crippen LogP contribution in [-0.2, 0) is 0 Å². The molecule has 0 saturated heterocycles. The second-order valence-electron chi connectivity index (χ2n) is 3.59. The maximum absolute atomic E-state index is 5.79. The quantitative estimate of drug-likeness (QED) is 0.672. The van der Waals surface area contributed by atoms with Crippen LogP contribution in [-0.4, -0.2) is 25.5 Å². The molecule has 4 heteroatoms. The van der Waals surface area contributed by atoms with Crippen molar-refractivity contribution in [3.63, 3.8) is 0 Å². The SMILES string of the molecule is [B]c1nn([B])c(-c2ccccc2C=C)c1C. The summed E-state index contributed by atoms with van der Waals surface area (Å²) in [6.45, 7) is 5.69. The van der Waals surface area contributed by atoms with E-state index in [0.717, 1.165) is 22.4 Å². The van der Waals surface area contributed by atoms with Crippen LogP contribution in [0.3, 0.4) is 0 Å². The van der Waals surface area contributed by atoms with Gasteiger partial charge in [-0.3, -0.25) is 0 Å². The van der Waals surface area contributed by atoms with Gasteiger partial charge in [-0.15, -0.1) is 0 Å². The average Bonchev–Trinajstić information content (AvgIpc) is 2.53. The van der Waals surface area contributed by atoms with E-state index < -0.39 is 0 Å². The Bertz CT molecular complexity index is 544. The van der Waals surface area contributed by atoms with Crippen molar-refractivity contribution in [3.05, 3.63) is 42.0 Å². The van der Waals surface area contributed by atoms with Crippen LogP contribution in [0.4, 0.5) is 0 Å². The predicted molar refractivity (Wildman–Crippen MR) is 69.0 cm³/mol. The van der Waals surface area contributed by atoms with E-state index in [4.69, 9.17) is 15.8 Å². The summed E-state index contributed by atoms with van der Waals surface area (Å²) in [4.78, 5) is 0. The highest BCUT2D eigenvalue weighted by Gasteiger charge is 2.11. The van der Waals surface area contributed by atoms with Gasteiger partial charge < -0.3 is 4.59 Å². The highest BCUT2D eigenvalue weighted by molar-refractivity contribution is 6.32. The van der Waals surface area contributed by atoms with E-state index >= 15 is 0 Å². The van der Waals surface area contributed by atoms with Crippen molar-refractivity contribution >= 4 is 27.5 Å². The van der Waals surface area contributed by atoms with E-state index in [1.54, 1.807) is 6.08 Å². The van der Waals surface area contributed by atoms with Gasteiger partial charge in [0, 0.05) is 11.2 Å². The van der Waals surface area contributed by atoms with E-state index in [1.165, 1.54) is 4.59 Å². The van der Waals surface area contributed by atoms with Crippen LogP contribution in [0.25, 0.3) is 17.3 Å². The third kappa shape index (κ3) is 1.60.